The van der Waals surface area contributed by atoms with Gasteiger partial charge >= 0.3 is 0 Å². The number of methoxy groups -OCH3 is 2. The van der Waals surface area contributed by atoms with E-state index in [-0.39, 0.29) is 13.1 Å². The normalized spacial score (nSPS) is 12.6. The summed E-state index contributed by atoms with van der Waals surface area (Å²) in [6.45, 7) is 1.71. The Hall–Kier alpha value is -2.38. The number of aldehydes is 1. The first kappa shape index (κ1) is 19.9. The molecule has 0 aliphatic heterocycles. The van der Waals surface area contributed by atoms with Crippen molar-refractivity contribution >= 4 is 16.3 Å². The number of benzene rings is 2. The molecule has 2 rings (SSSR count). The summed E-state index contributed by atoms with van der Waals surface area (Å²) in [7, 11) is -0.635. The first-order valence-corrected chi connectivity index (χ1v) is 9.61. The van der Waals surface area contributed by atoms with Gasteiger partial charge in [-0.25, -0.2) is 8.42 Å². The fourth-order valence-electron chi connectivity index (χ4n) is 2.41. The predicted molar refractivity (Wildman–Crippen MR) is 99.7 cm³/mol. The zero-order valence-corrected chi connectivity index (χ0v) is 15.9. The Morgan fingerprint density at radius 2 is 1.27 bits per heavy atom. The van der Waals surface area contributed by atoms with Crippen LogP contribution in [-0.2, 0) is 27.9 Å². The van der Waals surface area contributed by atoms with Crippen molar-refractivity contribution in [2.45, 2.75) is 25.3 Å². The van der Waals surface area contributed by atoms with Crippen LogP contribution in [0, 0.1) is 0 Å². The van der Waals surface area contributed by atoms with Crippen molar-refractivity contribution in [1.82, 2.24) is 4.31 Å². The number of nitrogens with zero attached hydrogens (tertiary/aromatic N) is 1. The number of carbonyl (C=O) groups is 1. The zero-order chi connectivity index (χ0) is 19.2. The molecule has 7 heteroatoms. The highest BCUT2D eigenvalue weighted by atomic mass is 32.2. The van der Waals surface area contributed by atoms with Crippen molar-refractivity contribution in [3.8, 4) is 11.5 Å². The third kappa shape index (κ3) is 4.83. The summed E-state index contributed by atoms with van der Waals surface area (Å²) < 4.78 is 37.1. The topological polar surface area (TPSA) is 72.9 Å². The highest BCUT2D eigenvalue weighted by molar-refractivity contribution is 7.90. The maximum atomic E-state index is 12.8. The standard InChI is InChI=1S/C19H23NO5S/c1-15(14-21)26(22,23)20(12-16-4-8-18(24-2)9-5-16)13-17-6-10-19(25-3)11-7-17/h4-11,14-15H,12-13H2,1-3H3/t15-/m1/s1. The fraction of sp³-hybridized carbons (Fsp3) is 0.316. The van der Waals surface area contributed by atoms with Crippen LogP contribution in [0.2, 0.25) is 0 Å². The Labute approximate surface area is 154 Å². The van der Waals surface area contributed by atoms with Crippen molar-refractivity contribution in [2.24, 2.45) is 0 Å². The van der Waals surface area contributed by atoms with Crippen LogP contribution >= 0.6 is 0 Å². The van der Waals surface area contributed by atoms with Crippen molar-refractivity contribution < 1.29 is 22.7 Å². The molecule has 0 radical (unpaired) electrons. The number of sulfonamides is 1. The molecule has 6 nitrogen and oxygen atoms in total. The molecule has 1 atom stereocenters. The van der Waals surface area contributed by atoms with E-state index in [1.165, 1.54) is 11.2 Å². The Kier molecular flexibility index (Phi) is 6.76. The number of rotatable bonds is 9. The molecule has 140 valence electrons. The second-order valence-electron chi connectivity index (χ2n) is 5.85. The quantitative estimate of drug-likeness (QED) is 0.628. The number of ether oxygens (including phenoxy) is 2. The van der Waals surface area contributed by atoms with Gasteiger partial charge in [0, 0.05) is 13.1 Å². The fourth-order valence-corrected chi connectivity index (χ4v) is 3.68. The van der Waals surface area contributed by atoms with Crippen molar-refractivity contribution in [1.29, 1.82) is 0 Å². The third-order valence-corrected chi connectivity index (χ3v) is 6.09. The van der Waals surface area contributed by atoms with Crippen LogP contribution in [0.5, 0.6) is 11.5 Å². The van der Waals surface area contributed by atoms with E-state index in [1.807, 2.05) is 0 Å². The molecule has 0 fully saturated rings. The summed E-state index contributed by atoms with van der Waals surface area (Å²) in [6, 6.07) is 14.3. The van der Waals surface area contributed by atoms with Gasteiger partial charge in [0.15, 0.2) is 0 Å². The average Bonchev–Trinajstić information content (AvgIpc) is 2.67. The number of hydrogen-bond acceptors (Lipinski definition) is 5. The van der Waals surface area contributed by atoms with Crippen LogP contribution in [0.4, 0.5) is 0 Å². The van der Waals surface area contributed by atoms with Crippen LogP contribution < -0.4 is 9.47 Å². The summed E-state index contributed by atoms with van der Waals surface area (Å²) in [5.74, 6) is 1.39. The predicted octanol–water partition coefficient (Wildman–Crippen LogP) is 2.62. The molecule has 0 aliphatic rings. The molecule has 0 N–H and O–H groups in total. The van der Waals surface area contributed by atoms with Crippen molar-refractivity contribution in [3.05, 3.63) is 59.7 Å². The lowest BCUT2D eigenvalue weighted by atomic mass is 10.2. The Morgan fingerprint density at radius 3 is 1.58 bits per heavy atom. The van der Waals surface area contributed by atoms with Gasteiger partial charge in [-0.3, -0.25) is 0 Å². The van der Waals surface area contributed by atoms with E-state index < -0.39 is 15.3 Å². The van der Waals surface area contributed by atoms with Crippen LogP contribution in [-0.4, -0.2) is 38.5 Å². The van der Waals surface area contributed by atoms with Crippen LogP contribution in [0.15, 0.2) is 48.5 Å². The Bertz CT molecular complexity index is 767. The van der Waals surface area contributed by atoms with Gasteiger partial charge in [-0.15, -0.1) is 0 Å². The van der Waals surface area contributed by atoms with Crippen LogP contribution in [0.1, 0.15) is 18.1 Å². The molecule has 0 saturated carbocycles. The first-order chi connectivity index (χ1) is 12.4. The highest BCUT2D eigenvalue weighted by Gasteiger charge is 2.28. The van der Waals surface area contributed by atoms with E-state index in [0.717, 1.165) is 11.1 Å². The summed E-state index contributed by atoms with van der Waals surface area (Å²) in [5.41, 5.74) is 1.61. The zero-order valence-electron chi connectivity index (χ0n) is 15.1. The minimum Gasteiger partial charge on any atom is -0.497 e. The molecule has 2 aromatic carbocycles. The van der Waals surface area contributed by atoms with Gasteiger partial charge in [-0.2, -0.15) is 4.31 Å². The molecule has 0 aliphatic carbocycles. The van der Waals surface area contributed by atoms with Crippen LogP contribution in [0.3, 0.4) is 0 Å². The lowest BCUT2D eigenvalue weighted by molar-refractivity contribution is -0.107. The third-order valence-electron chi connectivity index (χ3n) is 4.06. The largest absolute Gasteiger partial charge is 0.497 e. The minimum atomic E-state index is -3.78. The second kappa shape index (κ2) is 8.82. The molecule has 0 spiro atoms. The van der Waals surface area contributed by atoms with E-state index in [9.17, 15) is 13.2 Å². The van der Waals surface area contributed by atoms with Gasteiger partial charge in [0.1, 0.15) is 23.0 Å². The monoisotopic (exact) mass is 377 g/mol. The maximum absolute atomic E-state index is 12.8. The molecular formula is C19H23NO5S. The highest BCUT2D eigenvalue weighted by Crippen LogP contribution is 2.20. The molecule has 0 saturated heterocycles. The van der Waals surface area contributed by atoms with Gasteiger partial charge in [0.25, 0.3) is 0 Å². The number of carbonyl (C=O) groups excluding carboxylic acids is 1. The van der Waals surface area contributed by atoms with E-state index in [4.69, 9.17) is 9.47 Å². The lowest BCUT2D eigenvalue weighted by Crippen LogP contribution is -2.37. The SMILES string of the molecule is COc1ccc(CN(Cc2ccc(OC)cc2)S(=O)(=O)[C@H](C)C=O)cc1. The molecule has 0 unspecified atom stereocenters. The van der Waals surface area contributed by atoms with Gasteiger partial charge in [0.05, 0.1) is 14.2 Å². The second-order valence-corrected chi connectivity index (χ2v) is 8.14. The number of hydrogen-bond donors (Lipinski definition) is 0. The average molecular weight is 377 g/mol. The summed E-state index contributed by atoms with van der Waals surface area (Å²) >= 11 is 0. The Morgan fingerprint density at radius 1 is 0.885 bits per heavy atom. The lowest BCUT2D eigenvalue weighted by Gasteiger charge is -2.24. The molecule has 0 bridgehead atoms. The summed E-state index contributed by atoms with van der Waals surface area (Å²) in [6.07, 6.45) is 0.449. The smallest absolute Gasteiger partial charge is 0.224 e. The van der Waals surface area contributed by atoms with E-state index in [1.54, 1.807) is 62.8 Å². The Balaban J connectivity index is 2.29. The van der Waals surface area contributed by atoms with E-state index in [2.05, 4.69) is 0 Å². The van der Waals surface area contributed by atoms with Gasteiger partial charge in [-0.05, 0) is 42.3 Å². The first-order valence-electron chi connectivity index (χ1n) is 8.11. The molecule has 26 heavy (non-hydrogen) atoms. The van der Waals surface area contributed by atoms with E-state index in [0.29, 0.717) is 17.8 Å². The summed E-state index contributed by atoms with van der Waals surface area (Å²) in [5, 5.41) is -1.11. The van der Waals surface area contributed by atoms with Crippen LogP contribution in [0.25, 0.3) is 0 Å². The molecular weight excluding hydrogens is 354 g/mol. The van der Waals surface area contributed by atoms with Gasteiger partial charge < -0.3 is 14.3 Å². The van der Waals surface area contributed by atoms with Crippen molar-refractivity contribution in [2.75, 3.05) is 14.2 Å². The molecule has 2 aromatic rings. The van der Waals surface area contributed by atoms with Gasteiger partial charge in [0.2, 0.25) is 10.0 Å². The van der Waals surface area contributed by atoms with E-state index >= 15 is 0 Å². The maximum Gasteiger partial charge on any atom is 0.224 e. The van der Waals surface area contributed by atoms with Gasteiger partial charge in [-0.1, -0.05) is 24.3 Å². The minimum absolute atomic E-state index is 0.163. The molecule has 0 amide bonds. The summed E-state index contributed by atoms with van der Waals surface area (Å²) in [4.78, 5) is 11.1. The molecule has 0 aromatic heterocycles. The van der Waals surface area contributed by atoms with Crippen molar-refractivity contribution in [3.63, 3.8) is 0 Å². The molecule has 0 heterocycles.